The Balaban J connectivity index is 1.44. The molecule has 5 nitrogen and oxygen atoms in total. The number of nitrogens with zero attached hydrogens (tertiary/aromatic N) is 2. The monoisotopic (exact) mass is 411 g/mol. The van der Waals surface area contributed by atoms with Gasteiger partial charge in [-0.3, -0.25) is 9.59 Å². The summed E-state index contributed by atoms with van der Waals surface area (Å²) in [5.74, 6) is 0.656. The van der Waals surface area contributed by atoms with Gasteiger partial charge in [0, 0.05) is 48.9 Å². The molecule has 0 spiro atoms. The van der Waals surface area contributed by atoms with Gasteiger partial charge in [0.25, 0.3) is 0 Å². The van der Waals surface area contributed by atoms with Crippen molar-refractivity contribution in [3.63, 3.8) is 0 Å². The zero-order chi connectivity index (χ0) is 20.5. The van der Waals surface area contributed by atoms with E-state index in [2.05, 4.69) is 17.1 Å². The molecule has 3 rings (SSSR count). The fourth-order valence-corrected chi connectivity index (χ4v) is 4.04. The first-order valence-corrected chi connectivity index (χ1v) is 11.2. The highest BCUT2D eigenvalue weighted by atomic mass is 32.2. The molecule has 0 aliphatic carbocycles. The van der Waals surface area contributed by atoms with Crippen LogP contribution in [0.15, 0.2) is 59.5 Å². The Bertz CT molecular complexity index is 788. The van der Waals surface area contributed by atoms with E-state index in [9.17, 15) is 9.59 Å². The summed E-state index contributed by atoms with van der Waals surface area (Å²) in [7, 11) is 0. The van der Waals surface area contributed by atoms with E-state index in [1.54, 1.807) is 0 Å². The number of carbonyl (C=O) groups is 2. The van der Waals surface area contributed by atoms with Gasteiger partial charge in [-0.2, -0.15) is 0 Å². The molecule has 1 saturated heterocycles. The maximum Gasteiger partial charge on any atom is 0.234 e. The van der Waals surface area contributed by atoms with Gasteiger partial charge in [-0.1, -0.05) is 31.5 Å². The van der Waals surface area contributed by atoms with Crippen LogP contribution in [-0.2, 0) is 9.59 Å². The second kappa shape index (κ2) is 10.9. The molecule has 2 aromatic carbocycles. The van der Waals surface area contributed by atoms with E-state index in [0.717, 1.165) is 55.3 Å². The largest absolute Gasteiger partial charge is 0.368 e. The molecule has 0 aromatic heterocycles. The zero-order valence-corrected chi connectivity index (χ0v) is 17.8. The van der Waals surface area contributed by atoms with Crippen molar-refractivity contribution in [2.75, 3.05) is 42.1 Å². The first-order chi connectivity index (χ1) is 14.2. The number of thioether (sulfide) groups is 1. The standard InChI is InChI=1S/C23H29N3O2S/c1-2-3-9-23(28)26-16-14-25(15-17-26)20-12-10-19(11-13-20)24-22(27)18-29-21-7-5-4-6-8-21/h4-8,10-13H,2-3,9,14-18H2,1H3,(H,24,27). The van der Waals surface area contributed by atoms with Gasteiger partial charge in [-0.25, -0.2) is 0 Å². The Kier molecular flexibility index (Phi) is 7.99. The summed E-state index contributed by atoms with van der Waals surface area (Å²) in [6.07, 6.45) is 2.68. The summed E-state index contributed by atoms with van der Waals surface area (Å²) in [6.45, 7) is 5.35. The van der Waals surface area contributed by atoms with Crippen LogP contribution in [0.2, 0.25) is 0 Å². The summed E-state index contributed by atoms with van der Waals surface area (Å²) in [4.78, 5) is 29.7. The van der Waals surface area contributed by atoms with E-state index in [-0.39, 0.29) is 11.8 Å². The summed E-state index contributed by atoms with van der Waals surface area (Å²) in [5, 5.41) is 2.95. The van der Waals surface area contributed by atoms with Gasteiger partial charge < -0.3 is 15.1 Å². The SMILES string of the molecule is CCCCC(=O)N1CCN(c2ccc(NC(=O)CSc3ccccc3)cc2)CC1. The lowest BCUT2D eigenvalue weighted by Gasteiger charge is -2.36. The van der Waals surface area contributed by atoms with Crippen LogP contribution in [-0.4, -0.2) is 48.6 Å². The number of hydrogen-bond donors (Lipinski definition) is 1. The molecule has 0 saturated carbocycles. The van der Waals surface area contributed by atoms with E-state index in [4.69, 9.17) is 0 Å². The average molecular weight is 412 g/mol. The van der Waals surface area contributed by atoms with E-state index in [1.165, 1.54) is 11.8 Å². The zero-order valence-electron chi connectivity index (χ0n) is 17.0. The number of unbranched alkanes of at least 4 members (excludes halogenated alkanes) is 1. The lowest BCUT2D eigenvalue weighted by atomic mass is 10.2. The molecule has 1 aliphatic rings. The van der Waals surface area contributed by atoms with Crippen LogP contribution >= 0.6 is 11.8 Å². The minimum Gasteiger partial charge on any atom is -0.368 e. The Labute approximate surface area is 177 Å². The van der Waals surface area contributed by atoms with Crippen molar-refractivity contribution in [1.82, 2.24) is 4.90 Å². The van der Waals surface area contributed by atoms with Crippen LogP contribution in [0.25, 0.3) is 0 Å². The van der Waals surface area contributed by atoms with Crippen molar-refractivity contribution in [2.24, 2.45) is 0 Å². The number of hydrogen-bond acceptors (Lipinski definition) is 4. The summed E-state index contributed by atoms with van der Waals surface area (Å²) < 4.78 is 0. The number of carbonyl (C=O) groups excluding carboxylic acids is 2. The van der Waals surface area contributed by atoms with Crippen molar-refractivity contribution in [2.45, 2.75) is 31.1 Å². The maximum atomic E-state index is 12.2. The van der Waals surface area contributed by atoms with Gasteiger partial charge in [-0.15, -0.1) is 11.8 Å². The number of amides is 2. The van der Waals surface area contributed by atoms with Crippen molar-refractivity contribution in [1.29, 1.82) is 0 Å². The molecular weight excluding hydrogens is 382 g/mol. The average Bonchev–Trinajstić information content (AvgIpc) is 2.77. The highest BCUT2D eigenvalue weighted by molar-refractivity contribution is 8.00. The third kappa shape index (κ3) is 6.53. The molecule has 1 fully saturated rings. The van der Waals surface area contributed by atoms with Gasteiger partial charge in [0.1, 0.15) is 0 Å². The highest BCUT2D eigenvalue weighted by Crippen LogP contribution is 2.21. The van der Waals surface area contributed by atoms with Crippen molar-refractivity contribution in [3.8, 4) is 0 Å². The molecular formula is C23H29N3O2S. The molecule has 0 bridgehead atoms. The summed E-state index contributed by atoms with van der Waals surface area (Å²) in [5.41, 5.74) is 1.93. The van der Waals surface area contributed by atoms with E-state index in [0.29, 0.717) is 12.2 Å². The van der Waals surface area contributed by atoms with Gasteiger partial charge in [-0.05, 0) is 42.8 Å². The van der Waals surface area contributed by atoms with E-state index >= 15 is 0 Å². The second-order valence-corrected chi connectivity index (χ2v) is 8.22. The minimum atomic E-state index is -0.00851. The lowest BCUT2D eigenvalue weighted by molar-refractivity contribution is -0.131. The third-order valence-electron chi connectivity index (χ3n) is 5.01. The van der Waals surface area contributed by atoms with Gasteiger partial charge in [0.05, 0.1) is 5.75 Å². The van der Waals surface area contributed by atoms with Crippen LogP contribution < -0.4 is 10.2 Å². The molecule has 6 heteroatoms. The predicted octanol–water partition coefficient (Wildman–Crippen LogP) is 4.26. The van der Waals surface area contributed by atoms with Crippen molar-refractivity contribution in [3.05, 3.63) is 54.6 Å². The topological polar surface area (TPSA) is 52.7 Å². The third-order valence-corrected chi connectivity index (χ3v) is 6.02. The summed E-state index contributed by atoms with van der Waals surface area (Å²) in [6, 6.07) is 17.9. The maximum absolute atomic E-state index is 12.2. The van der Waals surface area contributed by atoms with Crippen LogP contribution in [0.1, 0.15) is 26.2 Å². The van der Waals surface area contributed by atoms with Crippen LogP contribution in [0.4, 0.5) is 11.4 Å². The van der Waals surface area contributed by atoms with Gasteiger partial charge >= 0.3 is 0 Å². The molecule has 2 amide bonds. The fraction of sp³-hybridized carbons (Fsp3) is 0.391. The van der Waals surface area contributed by atoms with Crippen LogP contribution in [0, 0.1) is 0 Å². The number of piperazine rings is 1. The Morgan fingerprint density at radius 3 is 2.31 bits per heavy atom. The lowest BCUT2D eigenvalue weighted by Crippen LogP contribution is -2.48. The number of anilines is 2. The Morgan fingerprint density at radius 2 is 1.66 bits per heavy atom. The molecule has 0 atom stereocenters. The molecule has 1 N–H and O–H groups in total. The number of benzene rings is 2. The number of nitrogens with one attached hydrogen (secondary N) is 1. The Hall–Kier alpha value is -2.47. The van der Waals surface area contributed by atoms with Gasteiger partial charge in [0.15, 0.2) is 0 Å². The highest BCUT2D eigenvalue weighted by Gasteiger charge is 2.20. The first kappa shape index (κ1) is 21.2. The molecule has 154 valence electrons. The molecule has 2 aromatic rings. The molecule has 29 heavy (non-hydrogen) atoms. The molecule has 0 radical (unpaired) electrons. The van der Waals surface area contributed by atoms with E-state index in [1.807, 2.05) is 59.5 Å². The van der Waals surface area contributed by atoms with Crippen molar-refractivity contribution >= 4 is 35.0 Å². The quantitative estimate of drug-likeness (QED) is 0.660. The number of rotatable bonds is 8. The van der Waals surface area contributed by atoms with E-state index < -0.39 is 0 Å². The van der Waals surface area contributed by atoms with Crippen LogP contribution in [0.5, 0.6) is 0 Å². The van der Waals surface area contributed by atoms with Crippen molar-refractivity contribution < 1.29 is 9.59 Å². The summed E-state index contributed by atoms with van der Waals surface area (Å²) >= 11 is 1.53. The molecule has 0 unspecified atom stereocenters. The van der Waals surface area contributed by atoms with Gasteiger partial charge in [0.2, 0.25) is 11.8 Å². The molecule has 1 aliphatic heterocycles. The minimum absolute atomic E-state index is 0.00851. The molecule has 1 heterocycles. The first-order valence-electron chi connectivity index (χ1n) is 10.3. The second-order valence-electron chi connectivity index (χ2n) is 7.17. The Morgan fingerprint density at radius 1 is 0.966 bits per heavy atom. The predicted molar refractivity (Wildman–Crippen MR) is 121 cm³/mol. The van der Waals surface area contributed by atoms with Crippen LogP contribution in [0.3, 0.4) is 0 Å². The fourth-order valence-electron chi connectivity index (χ4n) is 3.32. The normalized spacial score (nSPS) is 14.0. The smallest absolute Gasteiger partial charge is 0.234 e.